The van der Waals surface area contributed by atoms with Crippen molar-refractivity contribution < 1.29 is 4.39 Å². The van der Waals surface area contributed by atoms with Gasteiger partial charge in [-0.3, -0.25) is 0 Å². The summed E-state index contributed by atoms with van der Waals surface area (Å²) in [7, 11) is 1.90. The average molecular weight is 259 g/mol. The van der Waals surface area contributed by atoms with Crippen molar-refractivity contribution in [1.82, 2.24) is 10.3 Å². The first kappa shape index (κ1) is 13.5. The second-order valence-corrected chi connectivity index (χ2v) is 4.64. The van der Waals surface area contributed by atoms with Crippen molar-refractivity contribution in [1.29, 1.82) is 0 Å². The van der Waals surface area contributed by atoms with Crippen LogP contribution in [0, 0.1) is 12.7 Å². The molecule has 0 bridgehead atoms. The fourth-order valence-electron chi connectivity index (χ4n) is 2.13. The highest BCUT2D eigenvalue weighted by Gasteiger charge is 2.11. The fraction of sp³-hybridized carbons (Fsp3) is 0.267. The molecule has 2 rings (SSSR count). The normalized spacial score (nSPS) is 12.4. The number of hydrogen-bond acceptors (Lipinski definition) is 3. The molecule has 0 saturated heterocycles. The third-order valence-corrected chi connectivity index (χ3v) is 3.22. The first-order valence-corrected chi connectivity index (χ1v) is 6.24. The fourth-order valence-corrected chi connectivity index (χ4v) is 2.13. The van der Waals surface area contributed by atoms with Gasteiger partial charge in [0.15, 0.2) is 0 Å². The van der Waals surface area contributed by atoms with Gasteiger partial charge in [-0.1, -0.05) is 12.1 Å². The van der Waals surface area contributed by atoms with Crippen LogP contribution in [0.25, 0.3) is 0 Å². The van der Waals surface area contributed by atoms with E-state index in [0.717, 1.165) is 17.5 Å². The van der Waals surface area contributed by atoms with Crippen LogP contribution in [-0.2, 0) is 6.42 Å². The number of nitrogens with two attached hydrogens (primary N) is 1. The maximum atomic E-state index is 13.3. The number of halogens is 1. The summed E-state index contributed by atoms with van der Waals surface area (Å²) in [6, 6.07) is 9.13. The zero-order chi connectivity index (χ0) is 13.8. The maximum Gasteiger partial charge on any atom is 0.126 e. The van der Waals surface area contributed by atoms with E-state index in [1.165, 1.54) is 6.07 Å². The van der Waals surface area contributed by atoms with E-state index in [9.17, 15) is 4.39 Å². The molecular weight excluding hydrogens is 241 g/mol. The van der Waals surface area contributed by atoms with Crippen LogP contribution >= 0.6 is 0 Å². The zero-order valence-corrected chi connectivity index (χ0v) is 11.2. The Balaban J connectivity index is 2.22. The number of likely N-dealkylation sites (N-methyl/N-ethyl adjacent to an activating group) is 1. The number of aromatic nitrogens is 1. The number of nitrogen functional groups attached to an aromatic ring is 1. The van der Waals surface area contributed by atoms with E-state index in [1.54, 1.807) is 13.1 Å². The summed E-state index contributed by atoms with van der Waals surface area (Å²) in [6.45, 7) is 1.77. The molecule has 0 spiro atoms. The van der Waals surface area contributed by atoms with Gasteiger partial charge in [-0.2, -0.15) is 0 Å². The van der Waals surface area contributed by atoms with E-state index in [2.05, 4.69) is 10.3 Å². The molecule has 19 heavy (non-hydrogen) atoms. The molecule has 0 aliphatic carbocycles. The number of nitrogens with one attached hydrogen (secondary N) is 1. The number of benzene rings is 1. The van der Waals surface area contributed by atoms with Gasteiger partial charge in [0.25, 0.3) is 0 Å². The number of anilines is 1. The second-order valence-electron chi connectivity index (χ2n) is 4.64. The highest BCUT2D eigenvalue weighted by atomic mass is 19.1. The monoisotopic (exact) mass is 259 g/mol. The van der Waals surface area contributed by atoms with E-state index >= 15 is 0 Å². The minimum atomic E-state index is -0.174. The van der Waals surface area contributed by atoms with Crippen molar-refractivity contribution in [3.8, 4) is 0 Å². The molecule has 0 saturated carbocycles. The largest absolute Gasteiger partial charge is 0.384 e. The van der Waals surface area contributed by atoms with Gasteiger partial charge in [-0.25, -0.2) is 9.37 Å². The number of nitrogens with zero attached hydrogens (tertiary/aromatic N) is 1. The van der Waals surface area contributed by atoms with Gasteiger partial charge in [0.05, 0.1) is 0 Å². The highest BCUT2D eigenvalue weighted by Crippen LogP contribution is 2.21. The predicted octanol–water partition coefficient (Wildman–Crippen LogP) is 2.61. The van der Waals surface area contributed by atoms with Crippen LogP contribution in [0.3, 0.4) is 0 Å². The Morgan fingerprint density at radius 1 is 1.32 bits per heavy atom. The molecule has 3 N–H and O–H groups in total. The second kappa shape index (κ2) is 5.80. The van der Waals surface area contributed by atoms with Crippen molar-refractivity contribution in [3.63, 3.8) is 0 Å². The van der Waals surface area contributed by atoms with Gasteiger partial charge in [-0.15, -0.1) is 0 Å². The summed E-state index contributed by atoms with van der Waals surface area (Å²) in [6.07, 6.45) is 2.49. The predicted molar refractivity (Wildman–Crippen MR) is 75.3 cm³/mol. The van der Waals surface area contributed by atoms with Crippen LogP contribution in [0.2, 0.25) is 0 Å². The summed E-state index contributed by atoms with van der Waals surface area (Å²) in [5.74, 6) is 0.342. The number of pyridine rings is 1. The lowest BCUT2D eigenvalue weighted by molar-refractivity contribution is 0.583. The van der Waals surface area contributed by atoms with E-state index in [0.29, 0.717) is 11.4 Å². The lowest BCUT2D eigenvalue weighted by atomic mass is 9.98. The molecule has 0 aliphatic rings. The Bertz CT molecular complexity index is 569. The van der Waals surface area contributed by atoms with Gasteiger partial charge in [-0.05, 0) is 55.3 Å². The molecule has 0 aliphatic heterocycles. The molecule has 0 radical (unpaired) electrons. The molecule has 1 heterocycles. The SMILES string of the molecule is CNC(Cc1ccnc(N)c1)c1ccc(F)c(C)c1. The molecule has 0 amide bonds. The van der Waals surface area contributed by atoms with Crippen LogP contribution < -0.4 is 11.1 Å². The van der Waals surface area contributed by atoms with Crippen LogP contribution in [-0.4, -0.2) is 12.0 Å². The van der Waals surface area contributed by atoms with Crippen LogP contribution in [0.5, 0.6) is 0 Å². The van der Waals surface area contributed by atoms with E-state index in [1.807, 2.05) is 31.3 Å². The van der Waals surface area contributed by atoms with Gasteiger partial charge < -0.3 is 11.1 Å². The van der Waals surface area contributed by atoms with Gasteiger partial charge in [0, 0.05) is 12.2 Å². The number of rotatable bonds is 4. The molecule has 1 unspecified atom stereocenters. The van der Waals surface area contributed by atoms with Crippen molar-refractivity contribution >= 4 is 5.82 Å². The number of aryl methyl sites for hydroxylation is 1. The Kier molecular flexibility index (Phi) is 4.12. The Morgan fingerprint density at radius 3 is 2.74 bits per heavy atom. The number of hydrogen-bond donors (Lipinski definition) is 2. The van der Waals surface area contributed by atoms with Crippen molar-refractivity contribution in [2.75, 3.05) is 12.8 Å². The molecule has 100 valence electrons. The Morgan fingerprint density at radius 2 is 2.11 bits per heavy atom. The van der Waals surface area contributed by atoms with Crippen LogP contribution in [0.15, 0.2) is 36.5 Å². The van der Waals surface area contributed by atoms with Gasteiger partial charge in [0.2, 0.25) is 0 Å². The van der Waals surface area contributed by atoms with Crippen molar-refractivity contribution in [2.24, 2.45) is 0 Å². The molecule has 4 heteroatoms. The minimum Gasteiger partial charge on any atom is -0.384 e. The van der Waals surface area contributed by atoms with E-state index in [-0.39, 0.29) is 11.9 Å². The van der Waals surface area contributed by atoms with Crippen molar-refractivity contribution in [3.05, 3.63) is 59.0 Å². The average Bonchev–Trinajstić information content (AvgIpc) is 2.39. The quantitative estimate of drug-likeness (QED) is 0.887. The summed E-state index contributed by atoms with van der Waals surface area (Å²) in [5, 5.41) is 3.25. The van der Waals surface area contributed by atoms with Crippen LogP contribution in [0.1, 0.15) is 22.7 Å². The summed E-state index contributed by atoms with van der Waals surface area (Å²) < 4.78 is 13.3. The third-order valence-electron chi connectivity index (χ3n) is 3.22. The summed E-state index contributed by atoms with van der Waals surface area (Å²) in [5.41, 5.74) is 8.51. The molecule has 1 aromatic carbocycles. The lowest BCUT2D eigenvalue weighted by Gasteiger charge is -2.17. The smallest absolute Gasteiger partial charge is 0.126 e. The lowest BCUT2D eigenvalue weighted by Crippen LogP contribution is -2.19. The first-order chi connectivity index (χ1) is 9.10. The van der Waals surface area contributed by atoms with E-state index in [4.69, 9.17) is 5.73 Å². The van der Waals surface area contributed by atoms with E-state index < -0.39 is 0 Å². The maximum absolute atomic E-state index is 13.3. The van der Waals surface area contributed by atoms with Crippen molar-refractivity contribution in [2.45, 2.75) is 19.4 Å². The van der Waals surface area contributed by atoms with Gasteiger partial charge in [0.1, 0.15) is 11.6 Å². The zero-order valence-electron chi connectivity index (χ0n) is 11.2. The Hall–Kier alpha value is -1.94. The summed E-state index contributed by atoms with van der Waals surface area (Å²) >= 11 is 0. The highest BCUT2D eigenvalue weighted by molar-refractivity contribution is 5.34. The van der Waals surface area contributed by atoms with Gasteiger partial charge >= 0.3 is 0 Å². The Labute approximate surface area is 112 Å². The molecule has 3 nitrogen and oxygen atoms in total. The van der Waals surface area contributed by atoms with Crippen LogP contribution in [0.4, 0.5) is 10.2 Å². The molecule has 1 atom stereocenters. The summed E-state index contributed by atoms with van der Waals surface area (Å²) in [4.78, 5) is 3.98. The molecule has 0 fully saturated rings. The standard InChI is InChI=1S/C15H18FN3/c1-10-7-12(3-4-13(10)16)14(18-2)8-11-5-6-19-15(17)9-11/h3-7,9,14,18H,8H2,1-2H3,(H2,17,19). The first-order valence-electron chi connectivity index (χ1n) is 6.24. The molecule has 1 aromatic heterocycles. The molecule has 2 aromatic rings. The minimum absolute atomic E-state index is 0.126. The topological polar surface area (TPSA) is 50.9 Å². The third kappa shape index (κ3) is 3.29. The molecular formula is C15H18FN3.